The Morgan fingerprint density at radius 1 is 0.920 bits per heavy atom. The van der Waals surface area contributed by atoms with Crippen molar-refractivity contribution in [2.75, 3.05) is 30.6 Å². The van der Waals surface area contributed by atoms with E-state index < -0.39 is 15.8 Å². The van der Waals surface area contributed by atoms with Crippen LogP contribution >= 0.6 is 22.7 Å². The maximum Gasteiger partial charge on any atom is 0.233 e. The summed E-state index contributed by atoms with van der Waals surface area (Å²) in [5.41, 5.74) is 8.57. The highest BCUT2D eigenvalue weighted by atomic mass is 32.2. The minimum absolute atomic E-state index is 0.0768. The number of nitrogen functional groups attached to an aromatic ring is 1. The zero-order valence-electron chi connectivity index (χ0n) is 26.9. The molecule has 16 heteroatoms. The van der Waals surface area contributed by atoms with Crippen molar-refractivity contribution in [1.82, 2.24) is 19.9 Å². The van der Waals surface area contributed by atoms with Crippen molar-refractivity contribution in [3.63, 3.8) is 0 Å². The van der Waals surface area contributed by atoms with Gasteiger partial charge in [-0.3, -0.25) is 9.59 Å². The third-order valence-electron chi connectivity index (χ3n) is 8.50. The van der Waals surface area contributed by atoms with Gasteiger partial charge in [0.05, 0.1) is 41.3 Å². The van der Waals surface area contributed by atoms with E-state index in [1.165, 1.54) is 29.8 Å². The maximum atomic E-state index is 13.7. The molecule has 4 aromatic heterocycles. The summed E-state index contributed by atoms with van der Waals surface area (Å²) in [6.45, 7) is 0. The van der Waals surface area contributed by atoms with Crippen LogP contribution in [-0.4, -0.2) is 54.3 Å². The smallest absolute Gasteiger partial charge is 0.233 e. The highest BCUT2D eigenvalue weighted by Crippen LogP contribution is 2.42. The van der Waals surface area contributed by atoms with E-state index in [0.29, 0.717) is 68.6 Å². The van der Waals surface area contributed by atoms with Crippen molar-refractivity contribution in [3.05, 3.63) is 72.3 Å². The number of nitrogens with two attached hydrogens (primary N) is 1. The van der Waals surface area contributed by atoms with E-state index >= 15 is 0 Å². The molecule has 1 unspecified atom stereocenters. The molecule has 8 rings (SSSR count). The highest BCUT2D eigenvalue weighted by Gasteiger charge is 2.33. The number of carbonyl (C=O) groups excluding carboxylic acids is 2. The zero-order chi connectivity index (χ0) is 35.0. The van der Waals surface area contributed by atoms with E-state index in [0.717, 1.165) is 16.8 Å². The summed E-state index contributed by atoms with van der Waals surface area (Å²) in [6.07, 6.45) is 2.17. The second-order valence-electron chi connectivity index (χ2n) is 11.7. The highest BCUT2D eigenvalue weighted by molar-refractivity contribution is 7.92. The molecule has 1 aliphatic heterocycles. The third-order valence-corrected chi connectivity index (χ3v) is 12.0. The maximum absolute atomic E-state index is 13.7. The Labute approximate surface area is 294 Å². The number of rotatable bonds is 7. The number of methoxy groups -OCH3 is 2. The molecule has 2 aliphatic rings. The summed E-state index contributed by atoms with van der Waals surface area (Å²) >= 11 is 2.60. The van der Waals surface area contributed by atoms with Crippen LogP contribution in [0.4, 0.5) is 21.6 Å². The van der Waals surface area contributed by atoms with Crippen molar-refractivity contribution in [3.8, 4) is 11.8 Å². The van der Waals surface area contributed by atoms with E-state index in [4.69, 9.17) is 15.2 Å². The molecule has 2 aromatic carbocycles. The zero-order valence-corrected chi connectivity index (χ0v) is 29.3. The number of ether oxygens (including phenoxy) is 2. The molecule has 1 amide bonds. The molecule has 0 spiro atoms. The molecule has 4 N–H and O–H groups in total. The fraction of sp³-hybridized carbons (Fsp3) is 0.235. The topological polar surface area (TPSA) is 188 Å². The Balaban J connectivity index is 0.000000275. The number of ketones is 1. The summed E-state index contributed by atoms with van der Waals surface area (Å²) in [4.78, 5) is 44.6. The van der Waals surface area contributed by atoms with Crippen LogP contribution in [0.5, 0.6) is 11.8 Å². The molecule has 0 radical (unpaired) electrons. The number of nitrogens with zero attached hydrogens (tertiary/aromatic N) is 4. The lowest BCUT2D eigenvalue weighted by Gasteiger charge is -2.24. The Morgan fingerprint density at radius 2 is 1.60 bits per heavy atom. The minimum Gasteiger partial charge on any atom is -0.481 e. The van der Waals surface area contributed by atoms with Gasteiger partial charge in [0.15, 0.2) is 10.3 Å². The number of amides is 1. The number of para-hydroxylation sites is 1. The largest absolute Gasteiger partial charge is 0.481 e. The van der Waals surface area contributed by atoms with Gasteiger partial charge in [0.1, 0.15) is 26.5 Å². The van der Waals surface area contributed by atoms with Crippen LogP contribution in [0.1, 0.15) is 37.2 Å². The third kappa shape index (κ3) is 6.68. The van der Waals surface area contributed by atoms with Gasteiger partial charge in [-0.15, -0.1) is 0 Å². The average Bonchev–Trinajstić information content (AvgIpc) is 3.82. The van der Waals surface area contributed by atoms with E-state index in [9.17, 15) is 18.0 Å². The van der Waals surface area contributed by atoms with Crippen LogP contribution in [0, 0.1) is 5.92 Å². The lowest BCUT2D eigenvalue weighted by Crippen LogP contribution is -2.24. The standard InChI is InChI=1S/C27H24N4O5S2.C7H7N3OS/c1-36-24-11-9-20-26(30-24)37-27(29-20)31-25(33)18(13-15-6-8-17(32)12-15)16-7-10-23-21(14-16)28-19-4-2-3-5-22(19)38(23,34)35;1-11-5-3-2-4-6(10-5)12-7(8)9-4/h2-5,7,9-11,14-15,18,28H,6,8,12-13H2,1H3,(H,29,31,33);2-3H,1H3,(H2,8,9)/t15-,18?;/m0./s1. The number of hydrogen-bond acceptors (Lipinski definition) is 14. The van der Waals surface area contributed by atoms with Crippen LogP contribution in [0.25, 0.3) is 20.7 Å². The molecular weight excluding hydrogens is 699 g/mol. The molecular formula is C34H31N7O6S3. The number of sulfone groups is 1. The van der Waals surface area contributed by atoms with Crippen molar-refractivity contribution in [2.45, 2.75) is 41.4 Å². The summed E-state index contributed by atoms with van der Waals surface area (Å²) in [5.74, 6) is 0.456. The predicted molar refractivity (Wildman–Crippen MR) is 192 cm³/mol. The number of nitrogens with one attached hydrogen (secondary N) is 2. The quantitative estimate of drug-likeness (QED) is 0.165. The Hall–Kier alpha value is -5.19. The van der Waals surface area contributed by atoms with Gasteiger partial charge in [-0.05, 0) is 60.7 Å². The number of hydrogen-bond donors (Lipinski definition) is 3. The first-order valence-electron chi connectivity index (χ1n) is 15.6. The molecule has 6 aromatic rings. The molecule has 0 saturated heterocycles. The number of Topliss-reactive ketones (excluding diaryl/α,β-unsaturated/α-hetero) is 1. The fourth-order valence-corrected chi connectivity index (χ4v) is 9.15. The van der Waals surface area contributed by atoms with E-state index in [-0.39, 0.29) is 27.4 Å². The van der Waals surface area contributed by atoms with Crippen LogP contribution in [0.2, 0.25) is 0 Å². The molecule has 1 saturated carbocycles. The van der Waals surface area contributed by atoms with Crippen LogP contribution in [-0.2, 0) is 19.4 Å². The first kappa shape index (κ1) is 33.3. The minimum atomic E-state index is -3.70. The lowest BCUT2D eigenvalue weighted by atomic mass is 9.87. The fourth-order valence-electron chi connectivity index (χ4n) is 6.07. The number of carbonyl (C=O) groups is 2. The molecule has 0 bridgehead atoms. The molecule has 5 heterocycles. The van der Waals surface area contributed by atoms with Crippen molar-refractivity contribution >= 4 is 86.5 Å². The van der Waals surface area contributed by atoms with Gasteiger partial charge in [0, 0.05) is 25.0 Å². The number of fused-ring (bicyclic) bond motifs is 4. The first-order chi connectivity index (χ1) is 24.1. The van der Waals surface area contributed by atoms with Gasteiger partial charge >= 0.3 is 0 Å². The van der Waals surface area contributed by atoms with Gasteiger partial charge in [-0.25, -0.2) is 28.4 Å². The van der Waals surface area contributed by atoms with Gasteiger partial charge < -0.3 is 25.8 Å². The SMILES string of the molecule is COc1ccc2nc(N)sc2n1.COc1ccc2nc(NC(=O)C(C[C@H]3CCC(=O)C3)c3ccc4c(c3)Nc3ccccc3S4(=O)=O)sc2n1. The van der Waals surface area contributed by atoms with Gasteiger partial charge in [0.2, 0.25) is 27.5 Å². The van der Waals surface area contributed by atoms with E-state index in [2.05, 4.69) is 30.6 Å². The summed E-state index contributed by atoms with van der Waals surface area (Å²) in [6, 6.07) is 18.8. The molecule has 13 nitrogen and oxygen atoms in total. The monoisotopic (exact) mass is 729 g/mol. The number of aromatic nitrogens is 4. The molecule has 1 aliphatic carbocycles. The predicted octanol–water partition coefficient (Wildman–Crippen LogP) is 6.35. The number of anilines is 4. The summed E-state index contributed by atoms with van der Waals surface area (Å²) in [5, 5.41) is 7.08. The second-order valence-corrected chi connectivity index (χ2v) is 15.6. The van der Waals surface area contributed by atoms with Crippen molar-refractivity contribution in [2.24, 2.45) is 5.92 Å². The first-order valence-corrected chi connectivity index (χ1v) is 18.7. The van der Waals surface area contributed by atoms with Crippen LogP contribution in [0.15, 0.2) is 76.5 Å². The Kier molecular flexibility index (Phi) is 9.07. The number of benzene rings is 2. The normalized spacial score (nSPS) is 16.4. The van der Waals surface area contributed by atoms with E-state index in [1.54, 1.807) is 67.8 Å². The Morgan fingerprint density at radius 3 is 2.30 bits per heavy atom. The Bertz CT molecular complexity index is 2380. The van der Waals surface area contributed by atoms with Gasteiger partial charge in [-0.2, -0.15) is 0 Å². The van der Waals surface area contributed by atoms with Gasteiger partial charge in [-0.1, -0.05) is 40.9 Å². The van der Waals surface area contributed by atoms with Crippen molar-refractivity contribution in [1.29, 1.82) is 0 Å². The molecule has 256 valence electrons. The number of pyridine rings is 2. The average molecular weight is 730 g/mol. The molecule has 2 atom stereocenters. The second kappa shape index (κ2) is 13.6. The molecule has 50 heavy (non-hydrogen) atoms. The van der Waals surface area contributed by atoms with Crippen LogP contribution in [0.3, 0.4) is 0 Å². The number of thiazole rings is 2. The van der Waals surface area contributed by atoms with E-state index in [1.807, 2.05) is 6.07 Å². The summed E-state index contributed by atoms with van der Waals surface area (Å²) in [7, 11) is -0.579. The molecule has 1 fully saturated rings. The lowest BCUT2D eigenvalue weighted by molar-refractivity contribution is -0.119. The van der Waals surface area contributed by atoms with Gasteiger partial charge in [0.25, 0.3) is 0 Å². The van der Waals surface area contributed by atoms with Crippen molar-refractivity contribution < 1.29 is 27.5 Å². The summed E-state index contributed by atoms with van der Waals surface area (Å²) < 4.78 is 36.6. The van der Waals surface area contributed by atoms with Crippen LogP contribution < -0.4 is 25.8 Å².